The van der Waals surface area contributed by atoms with Crippen LogP contribution in [0.2, 0.25) is 0 Å². The summed E-state index contributed by atoms with van der Waals surface area (Å²) in [6.07, 6.45) is 2.50. The van der Waals surface area contributed by atoms with Gasteiger partial charge < -0.3 is 10.6 Å². The highest BCUT2D eigenvalue weighted by Gasteiger charge is 1.96. The SMILES string of the molecule is CCN(C)CCCCC(N)=O. The van der Waals surface area contributed by atoms with E-state index in [1.165, 1.54) is 0 Å². The molecule has 2 N–H and O–H groups in total. The Balaban J connectivity index is 3.08. The van der Waals surface area contributed by atoms with Crippen molar-refractivity contribution in [1.29, 1.82) is 0 Å². The molecule has 0 spiro atoms. The third kappa shape index (κ3) is 7.33. The Bertz CT molecular complexity index is 115. The third-order valence-electron chi connectivity index (χ3n) is 1.75. The summed E-state index contributed by atoms with van der Waals surface area (Å²) in [6.45, 7) is 4.24. The summed E-state index contributed by atoms with van der Waals surface area (Å²) in [5.74, 6) is -0.191. The second kappa shape index (κ2) is 6.16. The maximum Gasteiger partial charge on any atom is 0.217 e. The first-order valence-corrected chi connectivity index (χ1v) is 4.13. The van der Waals surface area contributed by atoms with Crippen molar-refractivity contribution in [2.24, 2.45) is 5.73 Å². The molecule has 0 fully saturated rings. The minimum Gasteiger partial charge on any atom is -0.370 e. The second-order valence-electron chi connectivity index (χ2n) is 2.82. The number of carbonyl (C=O) groups excluding carboxylic acids is 1. The van der Waals surface area contributed by atoms with E-state index in [9.17, 15) is 4.79 Å². The van der Waals surface area contributed by atoms with Gasteiger partial charge in [0.1, 0.15) is 0 Å². The summed E-state index contributed by atoms with van der Waals surface area (Å²) >= 11 is 0. The van der Waals surface area contributed by atoms with Crippen LogP contribution in [0.4, 0.5) is 0 Å². The fourth-order valence-corrected chi connectivity index (χ4v) is 0.839. The molecule has 3 nitrogen and oxygen atoms in total. The molecular formula is C8H18N2O. The largest absolute Gasteiger partial charge is 0.370 e. The van der Waals surface area contributed by atoms with Crippen molar-refractivity contribution < 1.29 is 4.79 Å². The van der Waals surface area contributed by atoms with E-state index in [2.05, 4.69) is 18.9 Å². The lowest BCUT2D eigenvalue weighted by atomic mass is 10.2. The van der Waals surface area contributed by atoms with Crippen LogP contribution in [0.3, 0.4) is 0 Å². The lowest BCUT2D eigenvalue weighted by Gasteiger charge is -2.12. The van der Waals surface area contributed by atoms with E-state index in [0.29, 0.717) is 6.42 Å². The molecule has 0 radical (unpaired) electrons. The van der Waals surface area contributed by atoms with Crippen LogP contribution in [0.1, 0.15) is 26.2 Å². The molecule has 3 heteroatoms. The highest BCUT2D eigenvalue weighted by atomic mass is 16.1. The van der Waals surface area contributed by atoms with Crippen molar-refractivity contribution in [3.8, 4) is 0 Å². The smallest absolute Gasteiger partial charge is 0.217 e. The van der Waals surface area contributed by atoms with Gasteiger partial charge >= 0.3 is 0 Å². The Morgan fingerprint density at radius 2 is 2.09 bits per heavy atom. The fourth-order valence-electron chi connectivity index (χ4n) is 0.839. The average Bonchev–Trinajstić information content (AvgIpc) is 1.97. The molecule has 0 aliphatic rings. The van der Waals surface area contributed by atoms with Gasteiger partial charge in [-0.3, -0.25) is 4.79 Å². The van der Waals surface area contributed by atoms with Gasteiger partial charge in [0.25, 0.3) is 0 Å². The molecule has 0 atom stereocenters. The third-order valence-corrected chi connectivity index (χ3v) is 1.75. The molecule has 0 aromatic heterocycles. The Morgan fingerprint density at radius 1 is 1.45 bits per heavy atom. The van der Waals surface area contributed by atoms with Crippen LogP contribution in [0.25, 0.3) is 0 Å². The molecule has 0 saturated heterocycles. The molecular weight excluding hydrogens is 140 g/mol. The van der Waals surface area contributed by atoms with Gasteiger partial charge in [0.05, 0.1) is 0 Å². The van der Waals surface area contributed by atoms with Gasteiger partial charge in [-0.25, -0.2) is 0 Å². The van der Waals surface area contributed by atoms with E-state index in [1.807, 2.05) is 0 Å². The van der Waals surface area contributed by atoms with E-state index >= 15 is 0 Å². The molecule has 0 rings (SSSR count). The number of carbonyl (C=O) groups is 1. The second-order valence-corrected chi connectivity index (χ2v) is 2.82. The van der Waals surface area contributed by atoms with Crippen molar-refractivity contribution in [2.75, 3.05) is 20.1 Å². The maximum absolute atomic E-state index is 10.3. The Kier molecular flexibility index (Phi) is 5.84. The fraction of sp³-hybridized carbons (Fsp3) is 0.875. The summed E-state index contributed by atoms with van der Waals surface area (Å²) in [4.78, 5) is 12.5. The van der Waals surface area contributed by atoms with Gasteiger partial charge in [0.15, 0.2) is 0 Å². The van der Waals surface area contributed by atoms with E-state index < -0.39 is 0 Å². The standard InChI is InChI=1S/C8H18N2O/c1-3-10(2)7-5-4-6-8(9)11/h3-7H2,1-2H3,(H2,9,11). The number of rotatable bonds is 6. The maximum atomic E-state index is 10.3. The van der Waals surface area contributed by atoms with Gasteiger partial charge in [-0.05, 0) is 33.0 Å². The van der Waals surface area contributed by atoms with Gasteiger partial charge in [-0.15, -0.1) is 0 Å². The highest BCUT2D eigenvalue weighted by molar-refractivity contribution is 5.73. The van der Waals surface area contributed by atoms with Crippen LogP contribution in [0.5, 0.6) is 0 Å². The molecule has 0 unspecified atom stereocenters. The van der Waals surface area contributed by atoms with E-state index in [0.717, 1.165) is 25.9 Å². The Morgan fingerprint density at radius 3 is 2.55 bits per heavy atom. The quantitative estimate of drug-likeness (QED) is 0.575. The number of hydrogen-bond donors (Lipinski definition) is 1. The van der Waals surface area contributed by atoms with Crippen molar-refractivity contribution in [2.45, 2.75) is 26.2 Å². The molecule has 1 amide bonds. The minimum absolute atomic E-state index is 0.191. The Hall–Kier alpha value is -0.570. The van der Waals surface area contributed by atoms with Crippen molar-refractivity contribution >= 4 is 5.91 Å². The van der Waals surface area contributed by atoms with Crippen LogP contribution >= 0.6 is 0 Å². The summed E-state index contributed by atoms with van der Waals surface area (Å²) in [7, 11) is 2.07. The zero-order valence-corrected chi connectivity index (χ0v) is 7.47. The zero-order valence-electron chi connectivity index (χ0n) is 7.47. The summed E-state index contributed by atoms with van der Waals surface area (Å²) < 4.78 is 0. The molecule has 66 valence electrons. The van der Waals surface area contributed by atoms with Gasteiger partial charge in [-0.2, -0.15) is 0 Å². The van der Waals surface area contributed by atoms with Crippen LogP contribution in [-0.4, -0.2) is 30.9 Å². The van der Waals surface area contributed by atoms with E-state index in [1.54, 1.807) is 0 Å². The number of nitrogens with two attached hydrogens (primary N) is 1. The molecule has 0 aliphatic heterocycles. The lowest BCUT2D eigenvalue weighted by Crippen LogP contribution is -2.19. The summed E-state index contributed by atoms with van der Waals surface area (Å²) in [5, 5.41) is 0. The van der Waals surface area contributed by atoms with Crippen molar-refractivity contribution in [3.05, 3.63) is 0 Å². The van der Waals surface area contributed by atoms with Crippen molar-refractivity contribution in [1.82, 2.24) is 4.90 Å². The summed E-state index contributed by atoms with van der Waals surface area (Å²) in [5.41, 5.74) is 4.99. The van der Waals surface area contributed by atoms with Crippen molar-refractivity contribution in [3.63, 3.8) is 0 Å². The normalized spacial score (nSPS) is 10.5. The molecule has 11 heavy (non-hydrogen) atoms. The molecule has 0 aromatic rings. The number of unbranched alkanes of at least 4 members (excludes halogenated alkanes) is 1. The molecule has 0 aliphatic carbocycles. The molecule has 0 saturated carbocycles. The number of amides is 1. The van der Waals surface area contributed by atoms with Crippen LogP contribution < -0.4 is 5.73 Å². The monoisotopic (exact) mass is 158 g/mol. The zero-order chi connectivity index (χ0) is 8.69. The molecule has 0 aromatic carbocycles. The van der Waals surface area contributed by atoms with Crippen LogP contribution in [0, 0.1) is 0 Å². The highest BCUT2D eigenvalue weighted by Crippen LogP contribution is 1.95. The first-order chi connectivity index (χ1) is 5.16. The topological polar surface area (TPSA) is 46.3 Å². The van der Waals surface area contributed by atoms with Crippen LogP contribution in [-0.2, 0) is 4.79 Å². The predicted molar refractivity (Wildman–Crippen MR) is 46.2 cm³/mol. The van der Waals surface area contributed by atoms with E-state index in [-0.39, 0.29) is 5.91 Å². The molecule has 0 heterocycles. The first kappa shape index (κ1) is 10.4. The summed E-state index contributed by atoms with van der Waals surface area (Å²) in [6, 6.07) is 0. The number of primary amides is 1. The molecule has 0 bridgehead atoms. The lowest BCUT2D eigenvalue weighted by molar-refractivity contribution is -0.118. The van der Waals surface area contributed by atoms with Gasteiger partial charge in [-0.1, -0.05) is 6.92 Å². The van der Waals surface area contributed by atoms with Gasteiger partial charge in [0.2, 0.25) is 5.91 Å². The van der Waals surface area contributed by atoms with Gasteiger partial charge in [0, 0.05) is 6.42 Å². The average molecular weight is 158 g/mol. The first-order valence-electron chi connectivity index (χ1n) is 4.13. The number of hydrogen-bond acceptors (Lipinski definition) is 2. The van der Waals surface area contributed by atoms with E-state index in [4.69, 9.17) is 5.73 Å². The minimum atomic E-state index is -0.191. The predicted octanol–water partition coefficient (Wildman–Crippen LogP) is 0.594. The number of nitrogens with zero attached hydrogens (tertiary/aromatic N) is 1. The van der Waals surface area contributed by atoms with Crippen LogP contribution in [0.15, 0.2) is 0 Å². The Labute approximate surface area is 68.6 Å².